The maximum atomic E-state index is 12.7. The van der Waals surface area contributed by atoms with Crippen LogP contribution in [0.4, 0.5) is 11.4 Å². The van der Waals surface area contributed by atoms with Gasteiger partial charge in [0, 0.05) is 18.3 Å². The first-order chi connectivity index (χ1) is 12.5. The fraction of sp³-hybridized carbons (Fsp3) is 0.105. The molecule has 0 radical (unpaired) electrons. The number of aromatic nitrogens is 2. The number of anilines is 2. The van der Waals surface area contributed by atoms with E-state index in [0.717, 1.165) is 5.69 Å². The second-order valence-electron chi connectivity index (χ2n) is 5.71. The van der Waals surface area contributed by atoms with Gasteiger partial charge in [-0.2, -0.15) is 5.10 Å². The van der Waals surface area contributed by atoms with E-state index in [1.54, 1.807) is 31.2 Å². The van der Waals surface area contributed by atoms with Gasteiger partial charge >= 0.3 is 0 Å². The van der Waals surface area contributed by atoms with Gasteiger partial charge in [0.25, 0.3) is 5.91 Å². The van der Waals surface area contributed by atoms with Crippen LogP contribution in [0, 0.1) is 6.92 Å². The van der Waals surface area contributed by atoms with Crippen LogP contribution in [-0.4, -0.2) is 21.6 Å². The molecule has 0 aliphatic carbocycles. The molecule has 0 fully saturated rings. The Labute approximate surface area is 155 Å². The van der Waals surface area contributed by atoms with E-state index in [-0.39, 0.29) is 17.0 Å². The van der Waals surface area contributed by atoms with Crippen molar-refractivity contribution in [2.75, 3.05) is 10.6 Å². The number of nitrogens with one attached hydrogen (secondary N) is 2. The van der Waals surface area contributed by atoms with Crippen LogP contribution in [0.3, 0.4) is 0 Å². The topological polar surface area (TPSA) is 76.0 Å². The Kier molecular flexibility index (Phi) is 5.04. The quantitative estimate of drug-likeness (QED) is 0.729. The molecular weight excluding hydrogens is 352 g/mol. The molecule has 0 aliphatic rings. The van der Waals surface area contributed by atoms with Crippen molar-refractivity contribution in [1.82, 2.24) is 9.78 Å². The van der Waals surface area contributed by atoms with E-state index in [2.05, 4.69) is 15.7 Å². The third-order valence-electron chi connectivity index (χ3n) is 3.67. The van der Waals surface area contributed by atoms with Crippen LogP contribution in [-0.2, 0) is 4.79 Å². The predicted molar refractivity (Wildman–Crippen MR) is 102 cm³/mol. The van der Waals surface area contributed by atoms with Crippen LogP contribution in [0.25, 0.3) is 5.69 Å². The molecule has 0 aliphatic heterocycles. The Morgan fingerprint density at radius 3 is 2.31 bits per heavy atom. The minimum Gasteiger partial charge on any atom is -0.326 e. The molecule has 3 aromatic rings. The molecule has 2 N–H and O–H groups in total. The standard InChI is InChI=1S/C19H17ClN4O2/c1-12-17(18(20)24(23-12)16-9-4-3-5-10-16)19(26)22-15-8-6-7-14(11-15)21-13(2)25/h3-11H,1-2H3,(H,21,25)(H,22,26). The maximum absolute atomic E-state index is 12.7. The second-order valence-corrected chi connectivity index (χ2v) is 6.07. The first-order valence-corrected chi connectivity index (χ1v) is 8.33. The summed E-state index contributed by atoms with van der Waals surface area (Å²) < 4.78 is 1.53. The molecule has 0 spiro atoms. The van der Waals surface area contributed by atoms with E-state index >= 15 is 0 Å². The number of benzene rings is 2. The number of amides is 2. The summed E-state index contributed by atoms with van der Waals surface area (Å²) in [6, 6.07) is 16.2. The molecule has 26 heavy (non-hydrogen) atoms. The van der Waals surface area contributed by atoms with Crippen molar-refractivity contribution in [1.29, 1.82) is 0 Å². The summed E-state index contributed by atoms with van der Waals surface area (Å²) in [5.74, 6) is -0.550. The van der Waals surface area contributed by atoms with Gasteiger partial charge in [-0.15, -0.1) is 0 Å². The lowest BCUT2D eigenvalue weighted by Gasteiger charge is -2.08. The first-order valence-electron chi connectivity index (χ1n) is 7.95. The summed E-state index contributed by atoms with van der Waals surface area (Å²) in [5, 5.41) is 10.1. The molecule has 0 bridgehead atoms. The Morgan fingerprint density at radius 1 is 1.00 bits per heavy atom. The maximum Gasteiger partial charge on any atom is 0.260 e. The van der Waals surface area contributed by atoms with E-state index in [0.29, 0.717) is 22.6 Å². The van der Waals surface area contributed by atoms with Crippen LogP contribution in [0.15, 0.2) is 54.6 Å². The highest BCUT2D eigenvalue weighted by molar-refractivity contribution is 6.34. The van der Waals surface area contributed by atoms with Crippen LogP contribution in [0.5, 0.6) is 0 Å². The molecule has 0 unspecified atom stereocenters. The van der Waals surface area contributed by atoms with Crippen molar-refractivity contribution in [2.45, 2.75) is 13.8 Å². The number of hydrogen-bond acceptors (Lipinski definition) is 3. The summed E-state index contributed by atoms with van der Waals surface area (Å²) in [4.78, 5) is 23.9. The fourth-order valence-corrected chi connectivity index (χ4v) is 2.93. The summed E-state index contributed by atoms with van der Waals surface area (Å²) >= 11 is 6.41. The number of halogens is 1. The average molecular weight is 369 g/mol. The van der Waals surface area contributed by atoms with Crippen LogP contribution in [0.2, 0.25) is 5.15 Å². The number of rotatable bonds is 4. The molecule has 0 saturated carbocycles. The van der Waals surface area contributed by atoms with Crippen LogP contribution < -0.4 is 10.6 Å². The summed E-state index contributed by atoms with van der Waals surface area (Å²) in [6.45, 7) is 3.15. The number of aryl methyl sites for hydroxylation is 1. The monoisotopic (exact) mass is 368 g/mol. The first kappa shape index (κ1) is 17.7. The summed E-state index contributed by atoms with van der Waals surface area (Å²) in [6.07, 6.45) is 0. The minimum absolute atomic E-state index is 0.184. The van der Waals surface area contributed by atoms with Crippen molar-refractivity contribution in [2.24, 2.45) is 0 Å². The van der Waals surface area contributed by atoms with Gasteiger partial charge in [0.1, 0.15) is 10.7 Å². The molecule has 132 valence electrons. The largest absolute Gasteiger partial charge is 0.326 e. The van der Waals surface area contributed by atoms with Crippen molar-refractivity contribution < 1.29 is 9.59 Å². The third kappa shape index (κ3) is 3.75. The van der Waals surface area contributed by atoms with Crippen molar-refractivity contribution in [3.05, 3.63) is 71.0 Å². The number of para-hydroxylation sites is 1. The van der Waals surface area contributed by atoms with E-state index in [9.17, 15) is 9.59 Å². The van der Waals surface area contributed by atoms with Crippen LogP contribution in [0.1, 0.15) is 23.0 Å². The molecule has 6 nitrogen and oxygen atoms in total. The van der Waals surface area contributed by atoms with Crippen molar-refractivity contribution in [3.63, 3.8) is 0 Å². The lowest BCUT2D eigenvalue weighted by atomic mass is 10.2. The second kappa shape index (κ2) is 7.41. The number of nitrogens with zero attached hydrogens (tertiary/aromatic N) is 2. The van der Waals surface area contributed by atoms with E-state index in [1.165, 1.54) is 11.6 Å². The van der Waals surface area contributed by atoms with Crippen molar-refractivity contribution in [3.8, 4) is 5.69 Å². The van der Waals surface area contributed by atoms with Gasteiger partial charge < -0.3 is 10.6 Å². The van der Waals surface area contributed by atoms with Gasteiger partial charge in [-0.1, -0.05) is 35.9 Å². The van der Waals surface area contributed by atoms with Gasteiger partial charge in [0.05, 0.1) is 11.4 Å². The number of carbonyl (C=O) groups is 2. The lowest BCUT2D eigenvalue weighted by Crippen LogP contribution is -2.13. The highest BCUT2D eigenvalue weighted by Crippen LogP contribution is 2.25. The molecule has 1 heterocycles. The zero-order valence-electron chi connectivity index (χ0n) is 14.3. The van der Waals surface area contributed by atoms with Crippen molar-refractivity contribution >= 4 is 34.8 Å². The van der Waals surface area contributed by atoms with Gasteiger partial charge in [0.2, 0.25) is 5.91 Å². The zero-order chi connectivity index (χ0) is 18.7. The summed E-state index contributed by atoms with van der Waals surface area (Å²) in [7, 11) is 0. The van der Waals surface area contributed by atoms with Gasteiger partial charge in [0.15, 0.2) is 0 Å². The van der Waals surface area contributed by atoms with E-state index in [1.807, 2.05) is 30.3 Å². The molecule has 1 aromatic heterocycles. The Balaban J connectivity index is 1.87. The van der Waals surface area contributed by atoms with E-state index in [4.69, 9.17) is 11.6 Å². The predicted octanol–water partition coefficient (Wildman–Crippen LogP) is 4.04. The normalized spacial score (nSPS) is 10.4. The highest BCUT2D eigenvalue weighted by Gasteiger charge is 2.21. The summed E-state index contributed by atoms with van der Waals surface area (Å²) in [5.41, 5.74) is 2.74. The molecule has 2 amide bonds. The Bertz CT molecular complexity index is 967. The molecule has 0 atom stereocenters. The smallest absolute Gasteiger partial charge is 0.260 e. The molecule has 2 aromatic carbocycles. The Morgan fingerprint density at radius 2 is 1.65 bits per heavy atom. The third-order valence-corrected chi connectivity index (χ3v) is 4.02. The zero-order valence-corrected chi connectivity index (χ0v) is 15.0. The Hall–Kier alpha value is -3.12. The highest BCUT2D eigenvalue weighted by atomic mass is 35.5. The van der Waals surface area contributed by atoms with Gasteiger partial charge in [-0.3, -0.25) is 9.59 Å². The number of hydrogen-bond donors (Lipinski definition) is 2. The molecule has 0 saturated heterocycles. The number of carbonyl (C=O) groups excluding carboxylic acids is 2. The van der Waals surface area contributed by atoms with E-state index < -0.39 is 0 Å². The molecule has 7 heteroatoms. The fourth-order valence-electron chi connectivity index (χ4n) is 2.57. The SMILES string of the molecule is CC(=O)Nc1cccc(NC(=O)c2c(C)nn(-c3ccccc3)c2Cl)c1. The van der Waals surface area contributed by atoms with Crippen LogP contribution >= 0.6 is 11.6 Å². The molecular formula is C19H17ClN4O2. The van der Waals surface area contributed by atoms with Gasteiger partial charge in [-0.05, 0) is 37.3 Å². The minimum atomic E-state index is -0.366. The van der Waals surface area contributed by atoms with Gasteiger partial charge in [-0.25, -0.2) is 4.68 Å². The lowest BCUT2D eigenvalue weighted by molar-refractivity contribution is -0.114. The average Bonchev–Trinajstić information content (AvgIpc) is 2.90. The molecule has 3 rings (SSSR count).